The maximum atomic E-state index is 12.2. The Hall–Kier alpha value is -1.31. The summed E-state index contributed by atoms with van der Waals surface area (Å²) in [6.07, 6.45) is 7.57. The van der Waals surface area contributed by atoms with Gasteiger partial charge in [-0.2, -0.15) is 0 Å². The Morgan fingerprint density at radius 1 is 0.500 bits per heavy atom. The number of nitrogens with two attached hydrogens (primary N) is 1. The predicted octanol–water partition coefficient (Wildman–Crippen LogP) is 3.34. The molecule has 0 bridgehead atoms. The van der Waals surface area contributed by atoms with Gasteiger partial charge in [0.15, 0.2) is 0 Å². The summed E-state index contributed by atoms with van der Waals surface area (Å²) >= 11 is 0. The molecular formula is C37H73NO14. The highest BCUT2D eigenvalue weighted by atomic mass is 16.7. The summed E-state index contributed by atoms with van der Waals surface area (Å²) in [5, 5.41) is 0. The van der Waals surface area contributed by atoms with Gasteiger partial charge >= 0.3 is 5.97 Å². The van der Waals surface area contributed by atoms with Crippen LogP contribution in [0, 0.1) is 0 Å². The number of hydrogen-bond acceptors (Lipinski definition) is 15. The minimum absolute atomic E-state index is 0.0557. The first-order valence-corrected chi connectivity index (χ1v) is 19.1. The Morgan fingerprint density at radius 2 is 0.885 bits per heavy atom. The van der Waals surface area contributed by atoms with Crippen LogP contribution in [0.15, 0.2) is 12.2 Å². The minimum atomic E-state index is -0.538. The number of rotatable bonds is 45. The first-order chi connectivity index (χ1) is 25.7. The molecule has 0 aromatic heterocycles. The number of unbranched alkanes of at least 4 members (excludes halogenated alkanes) is 5. The first-order valence-electron chi connectivity index (χ1n) is 19.1. The molecule has 2 N–H and O–H groups in total. The van der Waals surface area contributed by atoms with Crippen LogP contribution >= 0.6 is 0 Å². The summed E-state index contributed by atoms with van der Waals surface area (Å²) in [5.74, 6) is -0.414. The third-order valence-corrected chi connectivity index (χ3v) is 7.11. The molecule has 15 heteroatoms. The molecule has 0 fully saturated rings. The lowest BCUT2D eigenvalue weighted by atomic mass is 10.1. The van der Waals surface area contributed by atoms with Gasteiger partial charge < -0.3 is 67.3 Å². The van der Waals surface area contributed by atoms with Crippen LogP contribution in [-0.4, -0.2) is 171 Å². The predicted molar refractivity (Wildman–Crippen MR) is 197 cm³/mol. The van der Waals surface area contributed by atoms with E-state index in [4.69, 9.17) is 67.3 Å². The van der Waals surface area contributed by atoms with Crippen molar-refractivity contribution in [3.05, 3.63) is 12.2 Å². The molecule has 15 nitrogen and oxygen atoms in total. The third kappa shape index (κ3) is 39.9. The topological polar surface area (TPSA) is 163 Å². The zero-order chi connectivity index (χ0) is 37.8. The number of hydrogen-bond donors (Lipinski definition) is 1. The second kappa shape index (κ2) is 44.1. The molecule has 0 aliphatic carbocycles. The summed E-state index contributed by atoms with van der Waals surface area (Å²) in [4.78, 5) is 12.2. The van der Waals surface area contributed by atoms with Gasteiger partial charge in [0.2, 0.25) is 0 Å². The van der Waals surface area contributed by atoms with Crippen molar-refractivity contribution in [2.24, 2.45) is 5.73 Å². The molecule has 0 saturated heterocycles. The van der Waals surface area contributed by atoms with Gasteiger partial charge in [-0.25, -0.2) is 4.79 Å². The molecule has 310 valence electrons. The van der Waals surface area contributed by atoms with E-state index in [-0.39, 0.29) is 19.9 Å². The van der Waals surface area contributed by atoms with Gasteiger partial charge in [-0.3, -0.25) is 0 Å². The Kier molecular flexibility index (Phi) is 43.0. The van der Waals surface area contributed by atoms with Crippen molar-refractivity contribution in [1.82, 2.24) is 0 Å². The fraction of sp³-hybridized carbons (Fsp3) is 0.919. The van der Waals surface area contributed by atoms with Crippen LogP contribution in [0.5, 0.6) is 0 Å². The molecule has 0 aromatic carbocycles. The Morgan fingerprint density at radius 3 is 1.29 bits per heavy atom. The Labute approximate surface area is 313 Å². The average Bonchev–Trinajstić information content (AvgIpc) is 3.15. The fourth-order valence-corrected chi connectivity index (χ4v) is 4.14. The lowest BCUT2D eigenvalue weighted by Gasteiger charge is -2.17. The highest BCUT2D eigenvalue weighted by molar-refractivity contribution is 5.87. The lowest BCUT2D eigenvalue weighted by molar-refractivity contribution is -0.151. The molecule has 0 radical (unpaired) electrons. The van der Waals surface area contributed by atoms with E-state index >= 15 is 0 Å². The second-order valence-corrected chi connectivity index (χ2v) is 11.6. The normalized spacial score (nSPS) is 12.1. The summed E-state index contributed by atoms with van der Waals surface area (Å²) in [5.41, 5.74) is 6.19. The molecule has 0 aliphatic heterocycles. The van der Waals surface area contributed by atoms with Crippen LogP contribution in [0.2, 0.25) is 0 Å². The van der Waals surface area contributed by atoms with E-state index in [1.807, 2.05) is 0 Å². The van der Waals surface area contributed by atoms with Gasteiger partial charge in [0.25, 0.3) is 0 Å². The summed E-state index contributed by atoms with van der Waals surface area (Å²) in [7, 11) is 1.65. The van der Waals surface area contributed by atoms with Crippen LogP contribution < -0.4 is 5.73 Å². The Bertz CT molecular complexity index is 737. The van der Waals surface area contributed by atoms with Crippen LogP contribution in [0.4, 0.5) is 0 Å². The first kappa shape index (κ1) is 50.7. The molecule has 0 rings (SSSR count). The quantitative estimate of drug-likeness (QED) is 0.0417. The molecule has 0 heterocycles. The molecule has 1 unspecified atom stereocenters. The lowest BCUT2D eigenvalue weighted by Crippen LogP contribution is -2.32. The highest BCUT2D eigenvalue weighted by Gasteiger charge is 2.16. The number of carbonyl (C=O) groups excluding carboxylic acids is 1. The molecule has 0 aromatic rings. The largest absolute Gasteiger partial charge is 0.455 e. The molecule has 0 amide bonds. The molecule has 1 atom stereocenters. The van der Waals surface area contributed by atoms with E-state index in [0.29, 0.717) is 144 Å². The number of methoxy groups -OCH3 is 1. The average molecular weight is 756 g/mol. The van der Waals surface area contributed by atoms with Crippen molar-refractivity contribution >= 4 is 5.97 Å². The van der Waals surface area contributed by atoms with Gasteiger partial charge in [-0.1, -0.05) is 39.2 Å². The van der Waals surface area contributed by atoms with Gasteiger partial charge in [-0.15, -0.1) is 0 Å². The van der Waals surface area contributed by atoms with Gasteiger partial charge in [-0.05, 0) is 25.7 Å². The summed E-state index contributed by atoms with van der Waals surface area (Å²) in [6, 6.07) is 0. The smallest absolute Gasteiger partial charge is 0.333 e. The van der Waals surface area contributed by atoms with Crippen molar-refractivity contribution in [3.8, 4) is 0 Å². The molecular weight excluding hydrogens is 682 g/mol. The maximum Gasteiger partial charge on any atom is 0.333 e. The van der Waals surface area contributed by atoms with Crippen molar-refractivity contribution in [1.29, 1.82) is 0 Å². The van der Waals surface area contributed by atoms with Gasteiger partial charge in [0, 0.05) is 32.4 Å². The number of ether oxygens (including phenoxy) is 13. The van der Waals surface area contributed by atoms with E-state index in [1.165, 1.54) is 19.3 Å². The van der Waals surface area contributed by atoms with Crippen LogP contribution in [0.3, 0.4) is 0 Å². The van der Waals surface area contributed by atoms with E-state index in [1.54, 1.807) is 7.11 Å². The molecule has 0 spiro atoms. The Balaban J connectivity index is 3.26. The number of esters is 1. The standard InChI is InChI=1S/C37H73NO14/c1-4-5-6-7-8-11-35(2)37(39)52-36(32-38)33-51-34-50-31-30-49-29-28-48-27-26-47-25-23-45-19-17-42-13-10-9-12-41-16-18-44-22-24-46-21-20-43-15-14-40-3/h36H,2,4-34,38H2,1,3H3. The van der Waals surface area contributed by atoms with Crippen molar-refractivity contribution in [2.75, 3.05) is 159 Å². The van der Waals surface area contributed by atoms with Crippen LogP contribution in [0.25, 0.3) is 0 Å². The summed E-state index contributed by atoms with van der Waals surface area (Å²) in [6.45, 7) is 17.0. The van der Waals surface area contributed by atoms with Crippen LogP contribution in [0.1, 0.15) is 58.3 Å². The van der Waals surface area contributed by atoms with Crippen molar-refractivity contribution in [2.45, 2.75) is 64.4 Å². The van der Waals surface area contributed by atoms with E-state index in [2.05, 4.69) is 13.5 Å². The van der Waals surface area contributed by atoms with Crippen molar-refractivity contribution < 1.29 is 66.4 Å². The monoisotopic (exact) mass is 756 g/mol. The van der Waals surface area contributed by atoms with Crippen molar-refractivity contribution in [3.63, 3.8) is 0 Å². The summed E-state index contributed by atoms with van der Waals surface area (Å²) < 4.78 is 70.4. The van der Waals surface area contributed by atoms with E-state index in [9.17, 15) is 4.79 Å². The van der Waals surface area contributed by atoms with E-state index in [0.717, 1.165) is 25.7 Å². The molecule has 0 saturated carbocycles. The molecule has 0 aliphatic rings. The van der Waals surface area contributed by atoms with E-state index < -0.39 is 12.1 Å². The number of carbonyl (C=O) groups is 1. The fourth-order valence-electron chi connectivity index (χ4n) is 4.14. The van der Waals surface area contributed by atoms with Gasteiger partial charge in [0.05, 0.1) is 126 Å². The van der Waals surface area contributed by atoms with Crippen LogP contribution in [-0.2, 0) is 66.4 Å². The van der Waals surface area contributed by atoms with Gasteiger partial charge in [0.1, 0.15) is 12.9 Å². The minimum Gasteiger partial charge on any atom is -0.455 e. The SMILES string of the molecule is C=C(CCCCCCC)C(=O)OC(CN)COCOCCOCCOCCOCCOCCOCCCCOCCOCCOCCOCCOC. The third-order valence-electron chi connectivity index (χ3n) is 7.11. The molecule has 52 heavy (non-hydrogen) atoms. The zero-order valence-corrected chi connectivity index (χ0v) is 32.5. The maximum absolute atomic E-state index is 12.2. The second-order valence-electron chi connectivity index (χ2n) is 11.6. The highest BCUT2D eigenvalue weighted by Crippen LogP contribution is 2.12. The zero-order valence-electron chi connectivity index (χ0n) is 32.5.